The van der Waals surface area contributed by atoms with Gasteiger partial charge in [0.2, 0.25) is 15.9 Å². The summed E-state index contributed by atoms with van der Waals surface area (Å²) in [4.78, 5) is 14.7. The minimum atomic E-state index is -3.56. The van der Waals surface area contributed by atoms with E-state index in [4.69, 9.17) is 10.5 Å². The standard InChI is InChI=1S/C17H25N3O4S/c1-2-19-25(22,23)14-4-3-12-5-8-20(15(12)11-14)17(21)16(18)13-6-9-24-10-7-13/h3-4,11,13,16,19H,2,5-10,18H2,1H3. The molecule has 3 N–H and O–H groups in total. The number of carbonyl (C=O) groups excluding carboxylic acids is 1. The van der Waals surface area contributed by atoms with Gasteiger partial charge in [0.05, 0.1) is 10.9 Å². The molecular weight excluding hydrogens is 342 g/mol. The van der Waals surface area contributed by atoms with Gasteiger partial charge in [0.15, 0.2) is 0 Å². The van der Waals surface area contributed by atoms with Crippen LogP contribution in [-0.4, -0.2) is 46.7 Å². The van der Waals surface area contributed by atoms with Gasteiger partial charge < -0.3 is 15.4 Å². The first-order chi connectivity index (χ1) is 11.9. The smallest absolute Gasteiger partial charge is 0.244 e. The predicted octanol–water partition coefficient (Wildman–Crippen LogP) is 0.628. The van der Waals surface area contributed by atoms with Gasteiger partial charge in [0, 0.05) is 32.0 Å². The molecule has 1 aromatic rings. The number of amides is 1. The number of sulfonamides is 1. The summed E-state index contributed by atoms with van der Waals surface area (Å²) in [5, 5.41) is 0. The summed E-state index contributed by atoms with van der Waals surface area (Å²) in [6.45, 7) is 3.85. The fraction of sp³-hybridized carbons (Fsp3) is 0.588. The molecule has 1 fully saturated rings. The Morgan fingerprint density at radius 2 is 2.12 bits per heavy atom. The van der Waals surface area contributed by atoms with Crippen molar-refractivity contribution in [2.45, 2.75) is 37.1 Å². The molecule has 0 aromatic heterocycles. The maximum Gasteiger partial charge on any atom is 0.244 e. The number of rotatable bonds is 5. The van der Waals surface area contributed by atoms with Crippen molar-refractivity contribution in [2.75, 3.05) is 31.2 Å². The molecule has 0 bridgehead atoms. The number of nitrogens with one attached hydrogen (secondary N) is 1. The number of hydrogen-bond donors (Lipinski definition) is 2. The zero-order chi connectivity index (χ0) is 18.0. The van der Waals surface area contributed by atoms with Crippen LogP contribution in [0.4, 0.5) is 5.69 Å². The highest BCUT2D eigenvalue weighted by Gasteiger charge is 2.34. The zero-order valence-electron chi connectivity index (χ0n) is 14.4. The monoisotopic (exact) mass is 367 g/mol. The number of fused-ring (bicyclic) bond motifs is 1. The lowest BCUT2D eigenvalue weighted by molar-refractivity contribution is -0.121. The third-order valence-electron chi connectivity index (χ3n) is 4.92. The van der Waals surface area contributed by atoms with Gasteiger partial charge in [-0.1, -0.05) is 13.0 Å². The molecule has 2 heterocycles. The third kappa shape index (κ3) is 3.72. The second-order valence-corrected chi connectivity index (χ2v) is 8.27. The molecule has 1 unspecified atom stereocenters. The molecule has 1 aromatic carbocycles. The van der Waals surface area contributed by atoms with E-state index < -0.39 is 16.1 Å². The van der Waals surface area contributed by atoms with Gasteiger partial charge in [0.1, 0.15) is 0 Å². The van der Waals surface area contributed by atoms with E-state index in [2.05, 4.69) is 4.72 Å². The van der Waals surface area contributed by atoms with Gasteiger partial charge in [-0.05, 0) is 42.9 Å². The lowest BCUT2D eigenvalue weighted by Gasteiger charge is -2.30. The van der Waals surface area contributed by atoms with Crippen LogP contribution in [0.25, 0.3) is 0 Å². The minimum Gasteiger partial charge on any atom is -0.381 e. The fourth-order valence-electron chi connectivity index (χ4n) is 3.48. The number of ether oxygens (including phenoxy) is 1. The Kier molecular flexibility index (Phi) is 5.43. The van der Waals surface area contributed by atoms with Crippen LogP contribution < -0.4 is 15.4 Å². The van der Waals surface area contributed by atoms with E-state index >= 15 is 0 Å². The summed E-state index contributed by atoms with van der Waals surface area (Å²) in [7, 11) is -3.56. The fourth-order valence-corrected chi connectivity index (χ4v) is 4.55. The molecule has 25 heavy (non-hydrogen) atoms. The molecule has 0 aliphatic carbocycles. The molecule has 2 aliphatic heterocycles. The van der Waals surface area contributed by atoms with Crippen molar-refractivity contribution in [2.24, 2.45) is 11.7 Å². The number of nitrogens with two attached hydrogens (primary N) is 1. The zero-order valence-corrected chi connectivity index (χ0v) is 15.2. The second kappa shape index (κ2) is 7.41. The summed E-state index contributed by atoms with van der Waals surface area (Å²) in [6, 6.07) is 4.37. The second-order valence-electron chi connectivity index (χ2n) is 6.51. The molecule has 0 radical (unpaired) electrons. The maximum absolute atomic E-state index is 12.9. The van der Waals surface area contributed by atoms with Gasteiger partial charge in [-0.2, -0.15) is 0 Å². The molecule has 1 amide bonds. The van der Waals surface area contributed by atoms with E-state index in [1.165, 1.54) is 0 Å². The van der Waals surface area contributed by atoms with Crippen LogP contribution in [0.15, 0.2) is 23.1 Å². The Balaban J connectivity index is 1.83. The van der Waals surface area contributed by atoms with E-state index in [0.717, 1.165) is 18.4 Å². The van der Waals surface area contributed by atoms with E-state index in [1.807, 2.05) is 0 Å². The van der Waals surface area contributed by atoms with Crippen molar-refractivity contribution in [3.8, 4) is 0 Å². The van der Waals surface area contributed by atoms with Crippen molar-refractivity contribution in [3.05, 3.63) is 23.8 Å². The van der Waals surface area contributed by atoms with Crippen LogP contribution >= 0.6 is 0 Å². The Bertz CT molecular complexity index is 744. The normalized spacial score (nSPS) is 19.7. The van der Waals surface area contributed by atoms with Gasteiger partial charge in [-0.3, -0.25) is 4.79 Å². The molecule has 7 nitrogen and oxygen atoms in total. The van der Waals surface area contributed by atoms with Gasteiger partial charge in [-0.25, -0.2) is 13.1 Å². The van der Waals surface area contributed by atoms with Crippen LogP contribution in [0.2, 0.25) is 0 Å². The predicted molar refractivity (Wildman–Crippen MR) is 94.9 cm³/mol. The molecule has 138 valence electrons. The van der Waals surface area contributed by atoms with Crippen molar-refractivity contribution in [1.82, 2.24) is 4.72 Å². The highest BCUT2D eigenvalue weighted by Crippen LogP contribution is 2.32. The number of nitrogens with zero attached hydrogens (tertiary/aromatic N) is 1. The van der Waals surface area contributed by atoms with Crippen molar-refractivity contribution in [3.63, 3.8) is 0 Å². The summed E-state index contributed by atoms with van der Waals surface area (Å²) in [5.41, 5.74) is 7.86. The lowest BCUT2D eigenvalue weighted by atomic mass is 9.91. The average Bonchev–Trinajstić information content (AvgIpc) is 3.04. The van der Waals surface area contributed by atoms with Gasteiger partial charge >= 0.3 is 0 Å². The van der Waals surface area contributed by atoms with E-state index in [1.54, 1.807) is 30.0 Å². The Morgan fingerprint density at radius 3 is 2.80 bits per heavy atom. The largest absolute Gasteiger partial charge is 0.381 e. The van der Waals surface area contributed by atoms with E-state index in [0.29, 0.717) is 38.4 Å². The van der Waals surface area contributed by atoms with E-state index in [-0.39, 0.29) is 16.7 Å². The van der Waals surface area contributed by atoms with Crippen LogP contribution in [0.1, 0.15) is 25.3 Å². The first kappa shape index (κ1) is 18.3. The number of carbonyl (C=O) groups is 1. The first-order valence-electron chi connectivity index (χ1n) is 8.71. The highest BCUT2D eigenvalue weighted by molar-refractivity contribution is 7.89. The third-order valence-corrected chi connectivity index (χ3v) is 6.47. The van der Waals surface area contributed by atoms with Crippen LogP contribution in [-0.2, 0) is 26.0 Å². The lowest BCUT2D eigenvalue weighted by Crippen LogP contribution is -2.48. The Hall–Kier alpha value is -1.48. The average molecular weight is 367 g/mol. The topological polar surface area (TPSA) is 102 Å². The van der Waals surface area contributed by atoms with Gasteiger partial charge in [-0.15, -0.1) is 0 Å². The maximum atomic E-state index is 12.9. The summed E-state index contributed by atoms with van der Waals surface area (Å²) in [5.74, 6) is -0.0253. The molecule has 3 rings (SSSR count). The van der Waals surface area contributed by atoms with Gasteiger partial charge in [0.25, 0.3) is 0 Å². The first-order valence-corrected chi connectivity index (χ1v) is 10.2. The quantitative estimate of drug-likeness (QED) is 0.795. The van der Waals surface area contributed by atoms with Crippen molar-refractivity contribution < 1.29 is 17.9 Å². The molecule has 1 atom stereocenters. The molecule has 0 saturated carbocycles. The molecule has 8 heteroatoms. The minimum absolute atomic E-state index is 0.110. The van der Waals surface area contributed by atoms with Crippen LogP contribution in [0.5, 0.6) is 0 Å². The SMILES string of the molecule is CCNS(=O)(=O)c1ccc2c(c1)N(C(=O)C(N)C1CCOCC1)CC2. The number of anilines is 1. The molecular formula is C17H25N3O4S. The Morgan fingerprint density at radius 1 is 1.40 bits per heavy atom. The summed E-state index contributed by atoms with van der Waals surface area (Å²) >= 11 is 0. The number of benzene rings is 1. The van der Waals surface area contributed by atoms with E-state index in [9.17, 15) is 13.2 Å². The van der Waals surface area contributed by atoms with Crippen LogP contribution in [0, 0.1) is 5.92 Å². The molecule has 0 spiro atoms. The van der Waals surface area contributed by atoms with Crippen LogP contribution in [0.3, 0.4) is 0 Å². The summed E-state index contributed by atoms with van der Waals surface area (Å²) < 4.78 is 32.3. The summed E-state index contributed by atoms with van der Waals surface area (Å²) in [6.07, 6.45) is 2.27. The van der Waals surface area contributed by atoms with Crippen molar-refractivity contribution in [1.29, 1.82) is 0 Å². The van der Waals surface area contributed by atoms with Crippen molar-refractivity contribution >= 4 is 21.6 Å². The molecule has 2 aliphatic rings. The molecule has 1 saturated heterocycles. The highest BCUT2D eigenvalue weighted by atomic mass is 32.2. The number of hydrogen-bond acceptors (Lipinski definition) is 5. The Labute approximate surface area is 148 Å².